The van der Waals surface area contributed by atoms with Crippen molar-refractivity contribution in [3.8, 4) is 5.75 Å². The van der Waals surface area contributed by atoms with E-state index in [1.165, 1.54) is 17.7 Å². The molecule has 0 fully saturated rings. The first-order valence-corrected chi connectivity index (χ1v) is 6.59. The molecule has 0 aromatic heterocycles. The number of ether oxygens (including phenoxy) is 1. The molecule has 1 aromatic rings. The molecule has 0 aliphatic carbocycles. The predicted molar refractivity (Wildman–Crippen MR) is 67.7 cm³/mol. The SMILES string of the molecule is COc1ccccc1CNCCCSC. The summed E-state index contributed by atoms with van der Waals surface area (Å²) in [5.41, 5.74) is 1.23. The Kier molecular flexibility index (Phi) is 6.28. The van der Waals surface area contributed by atoms with Gasteiger partial charge >= 0.3 is 0 Å². The number of nitrogens with one attached hydrogen (secondary N) is 1. The van der Waals surface area contributed by atoms with E-state index in [9.17, 15) is 0 Å². The molecule has 0 atom stereocenters. The van der Waals surface area contributed by atoms with Crippen LogP contribution in [0.3, 0.4) is 0 Å². The third kappa shape index (κ3) is 4.58. The lowest BCUT2D eigenvalue weighted by Gasteiger charge is -2.08. The van der Waals surface area contributed by atoms with Crippen LogP contribution >= 0.6 is 11.8 Å². The van der Waals surface area contributed by atoms with Gasteiger partial charge in [-0.15, -0.1) is 0 Å². The van der Waals surface area contributed by atoms with Crippen molar-refractivity contribution in [2.75, 3.05) is 25.7 Å². The Hall–Kier alpha value is -0.670. The summed E-state index contributed by atoms with van der Waals surface area (Å²) in [7, 11) is 1.71. The van der Waals surface area contributed by atoms with Crippen LogP contribution in [0.4, 0.5) is 0 Å². The van der Waals surface area contributed by atoms with Crippen molar-refractivity contribution in [2.24, 2.45) is 0 Å². The molecule has 1 N–H and O–H groups in total. The van der Waals surface area contributed by atoms with Crippen LogP contribution < -0.4 is 10.1 Å². The van der Waals surface area contributed by atoms with E-state index in [0.29, 0.717) is 0 Å². The van der Waals surface area contributed by atoms with Gasteiger partial charge in [0.05, 0.1) is 7.11 Å². The number of benzene rings is 1. The molecule has 1 rings (SSSR count). The Morgan fingerprint density at radius 3 is 2.87 bits per heavy atom. The van der Waals surface area contributed by atoms with Gasteiger partial charge in [0.25, 0.3) is 0 Å². The van der Waals surface area contributed by atoms with E-state index in [-0.39, 0.29) is 0 Å². The first kappa shape index (κ1) is 12.4. The smallest absolute Gasteiger partial charge is 0.123 e. The van der Waals surface area contributed by atoms with Crippen LogP contribution in [0.15, 0.2) is 24.3 Å². The summed E-state index contributed by atoms with van der Waals surface area (Å²) in [5.74, 6) is 2.19. The fourth-order valence-electron chi connectivity index (χ4n) is 1.41. The number of thioether (sulfide) groups is 1. The molecule has 0 heterocycles. The van der Waals surface area contributed by atoms with Crippen molar-refractivity contribution in [3.05, 3.63) is 29.8 Å². The summed E-state index contributed by atoms with van der Waals surface area (Å²) in [4.78, 5) is 0. The highest BCUT2D eigenvalue weighted by atomic mass is 32.2. The van der Waals surface area contributed by atoms with Gasteiger partial charge in [0.1, 0.15) is 5.75 Å². The van der Waals surface area contributed by atoms with Gasteiger partial charge in [-0.1, -0.05) is 18.2 Å². The van der Waals surface area contributed by atoms with Crippen LogP contribution in [0.1, 0.15) is 12.0 Å². The Morgan fingerprint density at radius 2 is 2.13 bits per heavy atom. The maximum absolute atomic E-state index is 5.28. The van der Waals surface area contributed by atoms with E-state index in [4.69, 9.17) is 4.74 Å². The fraction of sp³-hybridized carbons (Fsp3) is 0.500. The molecule has 0 spiro atoms. The Bertz CT molecular complexity index is 278. The summed E-state index contributed by atoms with van der Waals surface area (Å²) in [5, 5.41) is 3.42. The second-order valence-corrected chi connectivity index (χ2v) is 4.32. The molecule has 3 heteroatoms. The molecule has 0 unspecified atom stereocenters. The summed E-state index contributed by atoms with van der Waals surface area (Å²) in [6.45, 7) is 1.96. The first-order valence-electron chi connectivity index (χ1n) is 5.20. The van der Waals surface area contributed by atoms with Gasteiger partial charge in [-0.25, -0.2) is 0 Å². The van der Waals surface area contributed by atoms with Crippen molar-refractivity contribution in [2.45, 2.75) is 13.0 Å². The van der Waals surface area contributed by atoms with Crippen LogP contribution in [0.5, 0.6) is 5.75 Å². The van der Waals surface area contributed by atoms with E-state index in [0.717, 1.165) is 18.8 Å². The van der Waals surface area contributed by atoms with Gasteiger partial charge in [0, 0.05) is 12.1 Å². The minimum absolute atomic E-state index is 0.887. The zero-order valence-corrected chi connectivity index (χ0v) is 10.3. The molecule has 84 valence electrons. The molecule has 0 saturated carbocycles. The van der Waals surface area contributed by atoms with E-state index >= 15 is 0 Å². The van der Waals surface area contributed by atoms with Crippen LogP contribution in [0.2, 0.25) is 0 Å². The first-order chi connectivity index (χ1) is 7.38. The quantitative estimate of drug-likeness (QED) is 0.721. The topological polar surface area (TPSA) is 21.3 Å². The largest absolute Gasteiger partial charge is 0.496 e. The zero-order chi connectivity index (χ0) is 10.9. The molecule has 0 aliphatic heterocycles. The summed E-state index contributed by atoms with van der Waals surface area (Å²) in [6, 6.07) is 8.14. The minimum Gasteiger partial charge on any atom is -0.496 e. The van der Waals surface area contributed by atoms with Crippen molar-refractivity contribution in [1.82, 2.24) is 5.32 Å². The lowest BCUT2D eigenvalue weighted by atomic mass is 10.2. The highest BCUT2D eigenvalue weighted by Gasteiger charge is 1.99. The van der Waals surface area contributed by atoms with Crippen molar-refractivity contribution in [1.29, 1.82) is 0 Å². The Morgan fingerprint density at radius 1 is 1.33 bits per heavy atom. The molecule has 2 nitrogen and oxygen atoms in total. The van der Waals surface area contributed by atoms with E-state index < -0.39 is 0 Å². The number of para-hydroxylation sites is 1. The third-order valence-corrected chi connectivity index (χ3v) is 2.91. The average Bonchev–Trinajstić information content (AvgIpc) is 2.29. The lowest BCUT2D eigenvalue weighted by Crippen LogP contribution is -2.15. The van der Waals surface area contributed by atoms with Gasteiger partial charge in [0.2, 0.25) is 0 Å². The van der Waals surface area contributed by atoms with Crippen LogP contribution in [0.25, 0.3) is 0 Å². The van der Waals surface area contributed by atoms with Crippen LogP contribution in [-0.4, -0.2) is 25.7 Å². The number of methoxy groups -OCH3 is 1. The standard InChI is InChI=1S/C12H19NOS/c1-14-12-7-4-3-6-11(12)10-13-8-5-9-15-2/h3-4,6-7,13H,5,8-10H2,1-2H3. The van der Waals surface area contributed by atoms with Crippen LogP contribution in [-0.2, 0) is 6.54 Å². The molecule has 1 aromatic carbocycles. The van der Waals surface area contributed by atoms with Gasteiger partial charge in [-0.3, -0.25) is 0 Å². The maximum atomic E-state index is 5.28. The van der Waals surface area contributed by atoms with E-state index in [1.807, 2.05) is 30.0 Å². The molecule has 0 amide bonds. The highest BCUT2D eigenvalue weighted by molar-refractivity contribution is 7.98. The summed E-state index contributed by atoms with van der Waals surface area (Å²) >= 11 is 1.89. The van der Waals surface area contributed by atoms with E-state index in [1.54, 1.807) is 7.11 Å². The molecule has 0 bridgehead atoms. The maximum Gasteiger partial charge on any atom is 0.123 e. The number of hydrogen-bond donors (Lipinski definition) is 1. The molecule has 0 radical (unpaired) electrons. The van der Waals surface area contributed by atoms with Crippen molar-refractivity contribution >= 4 is 11.8 Å². The van der Waals surface area contributed by atoms with Crippen molar-refractivity contribution < 1.29 is 4.74 Å². The second-order valence-electron chi connectivity index (χ2n) is 3.33. The Labute approximate surface area is 96.4 Å². The Balaban J connectivity index is 2.30. The molecule has 0 aliphatic rings. The highest BCUT2D eigenvalue weighted by Crippen LogP contribution is 2.16. The normalized spacial score (nSPS) is 10.3. The zero-order valence-electron chi connectivity index (χ0n) is 9.45. The second kappa shape index (κ2) is 7.60. The lowest BCUT2D eigenvalue weighted by molar-refractivity contribution is 0.408. The average molecular weight is 225 g/mol. The van der Waals surface area contributed by atoms with Gasteiger partial charge in [-0.2, -0.15) is 11.8 Å². The minimum atomic E-state index is 0.887. The van der Waals surface area contributed by atoms with Gasteiger partial charge in [0.15, 0.2) is 0 Å². The monoisotopic (exact) mass is 225 g/mol. The van der Waals surface area contributed by atoms with Crippen LogP contribution in [0, 0.1) is 0 Å². The molecule has 15 heavy (non-hydrogen) atoms. The predicted octanol–water partition coefficient (Wildman–Crippen LogP) is 2.54. The van der Waals surface area contributed by atoms with Gasteiger partial charge in [-0.05, 0) is 31.0 Å². The molecule has 0 saturated heterocycles. The van der Waals surface area contributed by atoms with E-state index in [2.05, 4.69) is 17.6 Å². The van der Waals surface area contributed by atoms with Crippen molar-refractivity contribution in [3.63, 3.8) is 0 Å². The molecular formula is C12H19NOS. The number of hydrogen-bond acceptors (Lipinski definition) is 3. The fourth-order valence-corrected chi connectivity index (χ4v) is 1.85. The summed E-state index contributed by atoms with van der Waals surface area (Å²) in [6.07, 6.45) is 3.36. The molecular weight excluding hydrogens is 206 g/mol. The number of rotatable bonds is 7. The summed E-state index contributed by atoms with van der Waals surface area (Å²) < 4.78 is 5.28. The van der Waals surface area contributed by atoms with Gasteiger partial charge < -0.3 is 10.1 Å². The third-order valence-electron chi connectivity index (χ3n) is 2.21.